The smallest absolute Gasteiger partial charge is 0.414 e. The largest absolute Gasteiger partial charge is 0.506 e. The first-order valence-electron chi connectivity index (χ1n) is 17.7. The lowest BCUT2D eigenvalue weighted by Gasteiger charge is -2.44. The fraction of sp³-hybridized carbons (Fsp3) is 0.317. The lowest BCUT2D eigenvalue weighted by Crippen LogP contribution is -2.53. The summed E-state index contributed by atoms with van der Waals surface area (Å²) in [6.45, 7) is 4.68. The minimum absolute atomic E-state index is 0.0345. The molecule has 8 rings (SSSR count). The second-order valence-corrected chi connectivity index (χ2v) is 13.5. The molecule has 1 aromatic heterocycles. The number of amides is 1. The van der Waals surface area contributed by atoms with Crippen LogP contribution in [0.1, 0.15) is 41.2 Å². The summed E-state index contributed by atoms with van der Waals surface area (Å²) in [5, 5.41) is 24.9. The average Bonchev–Trinajstić information content (AvgIpc) is 3.16. The predicted molar refractivity (Wildman–Crippen MR) is 197 cm³/mol. The Morgan fingerprint density at radius 2 is 1.71 bits per heavy atom. The first-order chi connectivity index (χ1) is 24.9. The summed E-state index contributed by atoms with van der Waals surface area (Å²) in [7, 11) is 0. The van der Waals surface area contributed by atoms with Gasteiger partial charge < -0.3 is 30.0 Å². The second kappa shape index (κ2) is 15.8. The van der Waals surface area contributed by atoms with Crippen molar-refractivity contribution in [3.63, 3.8) is 0 Å². The van der Waals surface area contributed by atoms with Gasteiger partial charge in [0.1, 0.15) is 24.2 Å². The summed E-state index contributed by atoms with van der Waals surface area (Å²) >= 11 is 0. The maximum absolute atomic E-state index is 13.7. The zero-order valence-corrected chi connectivity index (χ0v) is 28.5. The van der Waals surface area contributed by atoms with E-state index in [1.165, 1.54) is 12.1 Å². The summed E-state index contributed by atoms with van der Waals surface area (Å²) in [4.78, 5) is 32.2. The third kappa shape index (κ3) is 8.42. The summed E-state index contributed by atoms with van der Waals surface area (Å²) in [6, 6.07) is 31.9. The molecule has 5 aromatic rings. The molecule has 2 atom stereocenters. The van der Waals surface area contributed by atoms with Crippen LogP contribution in [-0.4, -0.2) is 65.0 Å². The molecule has 4 aromatic carbocycles. The Hall–Kier alpha value is -5.16. The quantitative estimate of drug-likeness (QED) is 0.112. The Kier molecular flexibility index (Phi) is 10.6. The van der Waals surface area contributed by atoms with Gasteiger partial charge in [-0.05, 0) is 91.3 Å². The van der Waals surface area contributed by atoms with Crippen LogP contribution in [-0.2, 0) is 24.3 Å². The number of aliphatic hydroxyl groups is 1. The van der Waals surface area contributed by atoms with Crippen LogP contribution in [0.4, 0.5) is 10.5 Å². The number of aromatic amines is 1. The maximum Gasteiger partial charge on any atom is 0.414 e. The van der Waals surface area contributed by atoms with E-state index >= 15 is 0 Å². The molecule has 10 nitrogen and oxygen atoms in total. The van der Waals surface area contributed by atoms with Crippen LogP contribution in [0.15, 0.2) is 108 Å². The fourth-order valence-electron chi connectivity index (χ4n) is 7.18. The molecule has 1 amide bonds. The second-order valence-electron chi connectivity index (χ2n) is 13.5. The molecule has 0 aliphatic carbocycles. The van der Waals surface area contributed by atoms with Gasteiger partial charge in [0, 0.05) is 30.6 Å². The van der Waals surface area contributed by atoms with Gasteiger partial charge >= 0.3 is 6.09 Å². The van der Waals surface area contributed by atoms with Crippen molar-refractivity contribution >= 4 is 22.7 Å². The maximum atomic E-state index is 13.7. The lowest BCUT2D eigenvalue weighted by atomic mass is 9.86. The Morgan fingerprint density at radius 3 is 2.51 bits per heavy atom. The van der Waals surface area contributed by atoms with E-state index in [1.54, 1.807) is 17.0 Å². The van der Waals surface area contributed by atoms with Gasteiger partial charge in [-0.2, -0.15) is 0 Å². The van der Waals surface area contributed by atoms with Crippen LogP contribution >= 0.6 is 0 Å². The van der Waals surface area contributed by atoms with Crippen molar-refractivity contribution in [3.05, 3.63) is 136 Å². The van der Waals surface area contributed by atoms with Crippen molar-refractivity contribution in [2.24, 2.45) is 5.92 Å². The lowest BCUT2D eigenvalue weighted by molar-refractivity contribution is -0.0311. The molecular weight excluding hydrogens is 644 g/mol. The van der Waals surface area contributed by atoms with Crippen LogP contribution in [0.5, 0.6) is 11.5 Å². The number of carbonyl (C=O) groups is 1. The van der Waals surface area contributed by atoms with Gasteiger partial charge in [-0.25, -0.2) is 4.79 Å². The molecule has 3 aliphatic rings. The van der Waals surface area contributed by atoms with Gasteiger partial charge in [-0.15, -0.1) is 0 Å². The number of pyridine rings is 1. The standard InChI is InChI=1S/C41H44N4O6/c46-36-14-12-34(35-13-15-39(48)43-40(35)36)37(47)24-42-19-16-28-8-4-9-30(22-28)27-50-33-11-5-10-32(23-33)45(25-29-6-2-1-3-7-29)41(49)51-38-26-44-20-17-31(38)18-21-44/h1-15,22-23,31,37-38,42,46-47H,16-21,24-27H2,(H,43,48)/t37-,38-/m0/s1. The number of piperidine rings is 3. The molecule has 10 heteroatoms. The van der Waals surface area contributed by atoms with Gasteiger partial charge in [-0.3, -0.25) is 14.6 Å². The number of carbonyl (C=O) groups excluding carboxylic acids is 1. The molecule has 0 saturated carbocycles. The molecular formula is C41H44N4O6. The summed E-state index contributed by atoms with van der Waals surface area (Å²) in [6.07, 6.45) is 1.65. The molecule has 3 saturated heterocycles. The highest BCUT2D eigenvalue weighted by atomic mass is 16.6. The molecule has 0 spiro atoms. The van der Waals surface area contributed by atoms with Crippen molar-refractivity contribution in [3.8, 4) is 11.5 Å². The normalized spacial score (nSPS) is 18.7. The first kappa shape index (κ1) is 34.3. The zero-order chi connectivity index (χ0) is 35.2. The molecule has 51 heavy (non-hydrogen) atoms. The Bertz CT molecular complexity index is 2010. The number of fused-ring (bicyclic) bond motifs is 4. The van der Waals surface area contributed by atoms with Crippen molar-refractivity contribution in [1.82, 2.24) is 15.2 Å². The molecule has 264 valence electrons. The van der Waals surface area contributed by atoms with Crippen molar-refractivity contribution < 1.29 is 24.5 Å². The number of aromatic nitrogens is 1. The summed E-state index contributed by atoms with van der Waals surface area (Å²) < 4.78 is 12.4. The number of nitrogens with one attached hydrogen (secondary N) is 2. The van der Waals surface area contributed by atoms with E-state index in [4.69, 9.17) is 9.47 Å². The van der Waals surface area contributed by atoms with E-state index in [2.05, 4.69) is 27.3 Å². The summed E-state index contributed by atoms with van der Waals surface area (Å²) in [5.41, 5.74) is 4.51. The topological polar surface area (TPSA) is 127 Å². The number of H-pyrrole nitrogens is 1. The van der Waals surface area contributed by atoms with Gasteiger partial charge in [0.15, 0.2) is 0 Å². The van der Waals surface area contributed by atoms with Crippen LogP contribution in [0.3, 0.4) is 0 Å². The number of aliphatic hydroxyl groups excluding tert-OH is 1. The van der Waals surface area contributed by atoms with Gasteiger partial charge in [0.2, 0.25) is 5.56 Å². The number of ether oxygens (including phenoxy) is 2. The number of phenols is 1. The molecule has 4 heterocycles. The number of phenolic OH excluding ortho intramolecular Hbond substituents is 1. The Balaban J connectivity index is 0.951. The molecule has 3 fully saturated rings. The average molecular weight is 689 g/mol. The van der Waals surface area contributed by atoms with E-state index in [1.807, 2.05) is 66.7 Å². The number of aromatic hydroxyl groups is 1. The van der Waals surface area contributed by atoms with E-state index in [0.717, 1.165) is 61.3 Å². The van der Waals surface area contributed by atoms with Gasteiger partial charge in [0.25, 0.3) is 0 Å². The van der Waals surface area contributed by atoms with E-state index in [-0.39, 0.29) is 23.5 Å². The number of rotatable bonds is 13. The number of nitrogens with zero attached hydrogens (tertiary/aromatic N) is 2. The molecule has 0 radical (unpaired) electrons. The highest BCUT2D eigenvalue weighted by molar-refractivity contribution is 5.88. The van der Waals surface area contributed by atoms with Crippen molar-refractivity contribution in [1.29, 1.82) is 0 Å². The van der Waals surface area contributed by atoms with Crippen LogP contribution in [0, 0.1) is 5.92 Å². The van der Waals surface area contributed by atoms with E-state index in [9.17, 15) is 19.8 Å². The number of hydrogen-bond acceptors (Lipinski definition) is 8. The molecule has 0 unspecified atom stereocenters. The minimum Gasteiger partial charge on any atom is -0.506 e. The van der Waals surface area contributed by atoms with E-state index < -0.39 is 6.10 Å². The van der Waals surface area contributed by atoms with E-state index in [0.29, 0.717) is 54.4 Å². The van der Waals surface area contributed by atoms with Crippen molar-refractivity contribution in [2.45, 2.75) is 44.6 Å². The fourth-order valence-corrected chi connectivity index (χ4v) is 7.18. The molecule has 4 N–H and O–H groups in total. The molecule has 3 aliphatic heterocycles. The zero-order valence-electron chi connectivity index (χ0n) is 28.5. The third-order valence-electron chi connectivity index (χ3n) is 9.97. The summed E-state index contributed by atoms with van der Waals surface area (Å²) in [5.74, 6) is 1.05. The Morgan fingerprint density at radius 1 is 0.922 bits per heavy atom. The highest BCUT2D eigenvalue weighted by Gasteiger charge is 2.37. The highest BCUT2D eigenvalue weighted by Crippen LogP contribution is 2.32. The minimum atomic E-state index is -0.819. The SMILES string of the molecule is O=C(O[C@H]1CN2CCC1CC2)N(Cc1ccccc1)c1cccc(OCc2cccc(CCNC[C@H](O)c3ccc(O)c4[nH]c(=O)ccc34)c2)c1. The Labute approximate surface area is 297 Å². The molecule has 2 bridgehead atoms. The number of benzene rings is 4. The van der Waals surface area contributed by atoms with Crippen LogP contribution in [0.25, 0.3) is 10.9 Å². The van der Waals surface area contributed by atoms with Crippen LogP contribution in [0.2, 0.25) is 0 Å². The monoisotopic (exact) mass is 688 g/mol. The van der Waals surface area contributed by atoms with Gasteiger partial charge in [0.05, 0.1) is 23.9 Å². The number of anilines is 1. The predicted octanol–water partition coefficient (Wildman–Crippen LogP) is 5.92. The van der Waals surface area contributed by atoms with Crippen LogP contribution < -0.4 is 20.5 Å². The van der Waals surface area contributed by atoms with Gasteiger partial charge in [-0.1, -0.05) is 66.7 Å². The number of hydrogen-bond donors (Lipinski definition) is 4. The van der Waals surface area contributed by atoms with Crippen molar-refractivity contribution in [2.75, 3.05) is 37.6 Å². The third-order valence-corrected chi connectivity index (χ3v) is 9.97. The first-order valence-corrected chi connectivity index (χ1v) is 17.7.